The van der Waals surface area contributed by atoms with Gasteiger partial charge in [0.1, 0.15) is 12.1 Å². The van der Waals surface area contributed by atoms with E-state index in [1.165, 1.54) is 61.9 Å². The van der Waals surface area contributed by atoms with Gasteiger partial charge in [0.25, 0.3) is 5.91 Å². The average molecular weight is 713 g/mol. The van der Waals surface area contributed by atoms with Crippen LogP contribution in [-0.2, 0) is 21.4 Å². The molecule has 51 heavy (non-hydrogen) atoms. The first-order chi connectivity index (χ1) is 24.3. The molecule has 2 heterocycles. The molecule has 3 N–H and O–H groups in total. The lowest BCUT2D eigenvalue weighted by Gasteiger charge is -2.35. The molecule has 0 saturated heterocycles. The SMILES string of the molecule is CCCC1CCC(C2CC=C(c3cnc(-c4ccc(C[C@H](NC(=O)c5ccc(C(C)(C)C)s5)C(=O)NC(C(=O)O)C(C)C)cc4)nc3)CC2)CC1. The van der Waals surface area contributed by atoms with Gasteiger partial charge in [-0.15, -0.1) is 11.3 Å². The van der Waals surface area contributed by atoms with Crippen LogP contribution in [0.3, 0.4) is 0 Å². The van der Waals surface area contributed by atoms with Crippen LogP contribution in [0, 0.1) is 23.7 Å². The predicted molar refractivity (Wildman–Crippen MR) is 206 cm³/mol. The van der Waals surface area contributed by atoms with Crippen molar-refractivity contribution < 1.29 is 19.5 Å². The molecule has 2 aliphatic carbocycles. The van der Waals surface area contributed by atoms with Gasteiger partial charge in [-0.1, -0.05) is 97.6 Å². The lowest BCUT2D eigenvalue weighted by Crippen LogP contribution is -2.53. The fourth-order valence-corrected chi connectivity index (χ4v) is 8.61. The van der Waals surface area contributed by atoms with Gasteiger partial charge in [-0.2, -0.15) is 0 Å². The number of amides is 2. The van der Waals surface area contributed by atoms with Crippen LogP contribution < -0.4 is 10.6 Å². The average Bonchev–Trinajstić information content (AvgIpc) is 3.63. The number of hydrogen-bond donors (Lipinski definition) is 3. The highest BCUT2D eigenvalue weighted by molar-refractivity contribution is 7.14. The minimum absolute atomic E-state index is 0.110. The zero-order chi connectivity index (χ0) is 36.7. The third-order valence-corrected chi connectivity index (χ3v) is 12.3. The second kappa shape index (κ2) is 17.1. The number of benzene rings is 1. The van der Waals surface area contributed by atoms with Crippen LogP contribution in [-0.4, -0.2) is 44.9 Å². The van der Waals surface area contributed by atoms with Crippen LogP contribution in [0.5, 0.6) is 0 Å². The van der Waals surface area contributed by atoms with Crippen LogP contribution in [0.25, 0.3) is 17.0 Å². The fraction of sp³-hybridized carbons (Fsp3) is 0.548. The van der Waals surface area contributed by atoms with Crippen molar-refractivity contribution in [1.82, 2.24) is 20.6 Å². The molecule has 3 aromatic rings. The topological polar surface area (TPSA) is 121 Å². The zero-order valence-electron chi connectivity index (χ0n) is 31.2. The number of carboxylic acids is 1. The molecule has 2 aromatic heterocycles. The third-order valence-electron chi connectivity index (χ3n) is 10.8. The maximum atomic E-state index is 13.5. The summed E-state index contributed by atoms with van der Waals surface area (Å²) in [5.74, 6) is 0.911. The van der Waals surface area contributed by atoms with Gasteiger partial charge in [0, 0.05) is 34.8 Å². The van der Waals surface area contributed by atoms with Gasteiger partial charge in [0.2, 0.25) is 5.91 Å². The minimum atomic E-state index is -1.12. The first-order valence-corrected chi connectivity index (χ1v) is 19.7. The van der Waals surface area contributed by atoms with Crippen molar-refractivity contribution in [3.63, 3.8) is 0 Å². The molecule has 2 aliphatic rings. The van der Waals surface area contributed by atoms with Gasteiger partial charge < -0.3 is 15.7 Å². The van der Waals surface area contributed by atoms with E-state index in [-0.39, 0.29) is 23.7 Å². The van der Waals surface area contributed by atoms with E-state index in [1.54, 1.807) is 19.9 Å². The number of carboxylic acid groups (broad SMARTS) is 1. The standard InChI is InChI=1S/C42H56N4O4S/c1-7-8-27-9-13-29(14-10-27)30-17-19-31(20-18-30)33-24-43-38(44-25-33)32-15-11-28(12-16-32)23-34(39(47)46-37(26(2)3)41(49)50)45-40(48)35-21-22-36(51-35)42(4,5)6/h11-12,15-16,19,21-22,24-27,29-30,34,37H,7-10,13-14,17-18,20,23H2,1-6H3,(H,45,48)(H,46,47)(H,49,50)/t27?,29?,30?,34-,37?/m0/s1. The normalized spacial score (nSPS) is 20.7. The van der Waals surface area contributed by atoms with E-state index >= 15 is 0 Å². The molecular weight excluding hydrogens is 657 g/mol. The molecule has 1 fully saturated rings. The summed E-state index contributed by atoms with van der Waals surface area (Å²) < 4.78 is 0. The van der Waals surface area contributed by atoms with Crippen molar-refractivity contribution in [2.75, 3.05) is 0 Å². The summed E-state index contributed by atoms with van der Waals surface area (Å²) in [4.78, 5) is 49.6. The number of thiophene rings is 1. The Kier molecular flexibility index (Phi) is 12.9. The predicted octanol–water partition coefficient (Wildman–Crippen LogP) is 8.86. The van der Waals surface area contributed by atoms with E-state index < -0.39 is 24.0 Å². The highest BCUT2D eigenvalue weighted by atomic mass is 32.1. The molecule has 0 spiro atoms. The third kappa shape index (κ3) is 10.1. The molecule has 8 nitrogen and oxygen atoms in total. The number of nitrogens with one attached hydrogen (secondary N) is 2. The maximum Gasteiger partial charge on any atom is 0.326 e. The molecule has 1 saturated carbocycles. The highest BCUT2D eigenvalue weighted by Gasteiger charge is 2.31. The Bertz CT molecular complexity index is 1660. The monoisotopic (exact) mass is 712 g/mol. The van der Waals surface area contributed by atoms with Crippen molar-refractivity contribution in [3.05, 3.63) is 75.7 Å². The van der Waals surface area contributed by atoms with Crippen LogP contribution >= 0.6 is 11.3 Å². The molecule has 0 aliphatic heterocycles. The molecule has 3 atom stereocenters. The quantitative estimate of drug-likeness (QED) is 0.163. The Morgan fingerprint density at radius 3 is 2.14 bits per heavy atom. The Balaban J connectivity index is 1.23. The van der Waals surface area contributed by atoms with E-state index in [1.807, 2.05) is 42.7 Å². The molecule has 274 valence electrons. The minimum Gasteiger partial charge on any atom is -0.480 e. The van der Waals surface area contributed by atoms with Crippen molar-refractivity contribution in [2.45, 2.75) is 123 Å². The van der Waals surface area contributed by atoms with Crippen LogP contribution in [0.1, 0.15) is 125 Å². The Morgan fingerprint density at radius 1 is 0.902 bits per heavy atom. The Morgan fingerprint density at radius 2 is 1.59 bits per heavy atom. The lowest BCUT2D eigenvalue weighted by atomic mass is 9.70. The largest absolute Gasteiger partial charge is 0.480 e. The Labute approximate surface area is 308 Å². The maximum absolute atomic E-state index is 13.5. The van der Waals surface area contributed by atoms with Crippen molar-refractivity contribution in [2.24, 2.45) is 23.7 Å². The highest BCUT2D eigenvalue weighted by Crippen LogP contribution is 2.42. The lowest BCUT2D eigenvalue weighted by molar-refractivity contribution is -0.143. The van der Waals surface area contributed by atoms with E-state index in [0.29, 0.717) is 10.7 Å². The molecule has 1 aromatic carbocycles. The molecule has 9 heteroatoms. The smallest absolute Gasteiger partial charge is 0.326 e. The van der Waals surface area contributed by atoms with Gasteiger partial charge in [-0.05, 0) is 84.5 Å². The second-order valence-corrected chi connectivity index (χ2v) is 17.1. The van der Waals surface area contributed by atoms with E-state index in [4.69, 9.17) is 9.97 Å². The van der Waals surface area contributed by atoms with Gasteiger partial charge in [-0.3, -0.25) is 9.59 Å². The van der Waals surface area contributed by atoms with E-state index in [0.717, 1.165) is 52.2 Å². The van der Waals surface area contributed by atoms with E-state index in [9.17, 15) is 19.5 Å². The number of aromatic nitrogens is 2. The summed E-state index contributed by atoms with van der Waals surface area (Å²) in [6.45, 7) is 12.0. The second-order valence-electron chi connectivity index (χ2n) is 16.0. The molecule has 2 unspecified atom stereocenters. The zero-order valence-corrected chi connectivity index (χ0v) is 32.0. The van der Waals surface area contributed by atoms with Gasteiger partial charge >= 0.3 is 5.97 Å². The fourth-order valence-electron chi connectivity index (χ4n) is 7.64. The summed E-state index contributed by atoms with van der Waals surface area (Å²) in [5, 5.41) is 15.2. The van der Waals surface area contributed by atoms with Crippen molar-refractivity contribution in [1.29, 1.82) is 0 Å². The van der Waals surface area contributed by atoms with Crippen LogP contribution in [0.15, 0.2) is 54.9 Å². The van der Waals surface area contributed by atoms with Crippen LogP contribution in [0.2, 0.25) is 0 Å². The van der Waals surface area contributed by atoms with Gasteiger partial charge in [-0.25, -0.2) is 14.8 Å². The summed E-state index contributed by atoms with van der Waals surface area (Å²) in [7, 11) is 0. The number of hydrogen-bond acceptors (Lipinski definition) is 6. The molecule has 2 amide bonds. The molecular formula is C42H56N4O4S. The number of aliphatic carboxylic acids is 1. The Hall–Kier alpha value is -3.85. The molecule has 0 bridgehead atoms. The number of rotatable bonds is 13. The summed E-state index contributed by atoms with van der Waals surface area (Å²) in [6, 6.07) is 9.30. The molecule has 0 radical (unpaired) electrons. The van der Waals surface area contributed by atoms with Crippen LogP contribution in [0.4, 0.5) is 0 Å². The van der Waals surface area contributed by atoms with Crippen molar-refractivity contribution in [3.8, 4) is 11.4 Å². The number of nitrogens with zero attached hydrogens (tertiary/aromatic N) is 2. The summed E-state index contributed by atoms with van der Waals surface area (Å²) in [6.07, 6.45) is 18.3. The first-order valence-electron chi connectivity index (χ1n) is 18.9. The first kappa shape index (κ1) is 38.4. The van der Waals surface area contributed by atoms with E-state index in [2.05, 4.69) is 44.4 Å². The van der Waals surface area contributed by atoms with Gasteiger partial charge in [0.15, 0.2) is 5.82 Å². The van der Waals surface area contributed by atoms with Crippen molar-refractivity contribution >= 4 is 34.7 Å². The number of carbonyl (C=O) groups is 3. The molecule has 5 rings (SSSR count). The summed E-state index contributed by atoms with van der Waals surface area (Å²) in [5.41, 5.74) is 3.99. The van der Waals surface area contributed by atoms with Gasteiger partial charge in [0.05, 0.1) is 4.88 Å². The number of carbonyl (C=O) groups excluding carboxylic acids is 2. The summed E-state index contributed by atoms with van der Waals surface area (Å²) >= 11 is 1.39. The number of allylic oxidation sites excluding steroid dienone is 2.